The number of thioether (sulfide) groups is 1. The van der Waals surface area contributed by atoms with Crippen LogP contribution in [0.1, 0.15) is 17.5 Å². The van der Waals surface area contributed by atoms with Gasteiger partial charge in [0, 0.05) is 17.1 Å². The number of thiazole rings is 1. The monoisotopic (exact) mass is 357 g/mol. The molecule has 3 aromatic rings. The van der Waals surface area contributed by atoms with Crippen LogP contribution in [0.2, 0.25) is 0 Å². The summed E-state index contributed by atoms with van der Waals surface area (Å²) >= 11 is 3.22. The van der Waals surface area contributed by atoms with E-state index in [0.717, 1.165) is 21.5 Å². The highest BCUT2D eigenvalue weighted by Crippen LogP contribution is 2.27. The first-order chi connectivity index (χ1) is 11.6. The third-order valence-corrected chi connectivity index (χ3v) is 5.50. The van der Waals surface area contributed by atoms with Crippen LogP contribution in [0.3, 0.4) is 0 Å². The number of carbonyl (C=O) groups excluding carboxylic acids is 1. The number of carbonyl (C=O) groups is 1. The van der Waals surface area contributed by atoms with E-state index in [0.29, 0.717) is 11.6 Å². The van der Waals surface area contributed by atoms with Crippen LogP contribution in [-0.4, -0.2) is 16.6 Å². The highest BCUT2D eigenvalue weighted by atomic mass is 32.2. The molecule has 0 fully saturated rings. The summed E-state index contributed by atoms with van der Waals surface area (Å²) in [5, 5.41) is 0.707. The molecule has 0 saturated heterocycles. The molecule has 1 amide bonds. The average Bonchev–Trinajstić information content (AvgIpc) is 2.99. The standard InChI is InChI=1S/C18H19N3OS2/c1-12-6-8-14(9-7-12)23-11-10-16(22)20-21-18-19-17-13(2)4-3-5-15(17)24-18/h3-9H,10-11H2,1-2H3,(H,19,21)(H,20,22). The number of anilines is 1. The molecule has 0 radical (unpaired) electrons. The predicted octanol–water partition coefficient (Wildman–Crippen LogP) is 4.54. The largest absolute Gasteiger partial charge is 0.273 e. The van der Waals surface area contributed by atoms with Gasteiger partial charge in [-0.15, -0.1) is 11.8 Å². The van der Waals surface area contributed by atoms with Gasteiger partial charge < -0.3 is 0 Å². The van der Waals surface area contributed by atoms with Gasteiger partial charge in [-0.3, -0.25) is 15.6 Å². The smallest absolute Gasteiger partial charge is 0.239 e. The van der Waals surface area contributed by atoms with Gasteiger partial charge >= 0.3 is 0 Å². The second-order valence-corrected chi connectivity index (χ2v) is 7.72. The highest BCUT2D eigenvalue weighted by Gasteiger charge is 2.07. The first kappa shape index (κ1) is 16.8. The molecule has 1 heterocycles. The summed E-state index contributed by atoms with van der Waals surface area (Å²) in [7, 11) is 0. The number of benzene rings is 2. The van der Waals surface area contributed by atoms with Gasteiger partial charge in [-0.25, -0.2) is 4.98 Å². The van der Waals surface area contributed by atoms with E-state index < -0.39 is 0 Å². The Hall–Kier alpha value is -2.05. The minimum Gasteiger partial charge on any atom is -0.273 e. The van der Waals surface area contributed by atoms with E-state index in [4.69, 9.17) is 0 Å². The van der Waals surface area contributed by atoms with Crippen LogP contribution >= 0.6 is 23.1 Å². The molecule has 0 saturated carbocycles. The van der Waals surface area contributed by atoms with Crippen molar-refractivity contribution < 1.29 is 4.79 Å². The lowest BCUT2D eigenvalue weighted by Crippen LogP contribution is -2.29. The summed E-state index contributed by atoms with van der Waals surface area (Å²) in [6, 6.07) is 14.4. The van der Waals surface area contributed by atoms with E-state index in [9.17, 15) is 4.79 Å². The molecule has 0 atom stereocenters. The van der Waals surface area contributed by atoms with E-state index in [1.165, 1.54) is 21.8 Å². The minimum absolute atomic E-state index is 0.0365. The van der Waals surface area contributed by atoms with Crippen molar-refractivity contribution in [3.63, 3.8) is 0 Å². The molecule has 0 spiro atoms. The van der Waals surface area contributed by atoms with Crippen LogP contribution in [0, 0.1) is 13.8 Å². The molecular formula is C18H19N3OS2. The van der Waals surface area contributed by atoms with Gasteiger partial charge in [0.1, 0.15) is 0 Å². The fourth-order valence-corrected chi connectivity index (χ4v) is 3.97. The number of aryl methyl sites for hydroxylation is 2. The van der Waals surface area contributed by atoms with Crippen molar-refractivity contribution in [3.05, 3.63) is 53.6 Å². The predicted molar refractivity (Wildman–Crippen MR) is 103 cm³/mol. The lowest BCUT2D eigenvalue weighted by molar-refractivity contribution is -0.120. The third kappa shape index (κ3) is 4.27. The Bertz CT molecular complexity index is 843. The molecule has 3 rings (SSSR count). The lowest BCUT2D eigenvalue weighted by atomic mass is 10.2. The van der Waals surface area contributed by atoms with Gasteiger partial charge in [0.05, 0.1) is 10.2 Å². The average molecular weight is 358 g/mol. The maximum absolute atomic E-state index is 11.9. The molecule has 0 aliphatic heterocycles. The normalized spacial score (nSPS) is 10.8. The van der Waals surface area contributed by atoms with Crippen LogP contribution < -0.4 is 10.9 Å². The maximum Gasteiger partial charge on any atom is 0.239 e. The van der Waals surface area contributed by atoms with Gasteiger partial charge in [-0.05, 0) is 37.6 Å². The first-order valence-electron chi connectivity index (χ1n) is 7.72. The Morgan fingerprint density at radius 3 is 2.71 bits per heavy atom. The number of nitrogens with one attached hydrogen (secondary N) is 2. The number of hydrazine groups is 1. The Kier molecular flexibility index (Phi) is 5.37. The molecule has 4 nitrogen and oxygen atoms in total. The summed E-state index contributed by atoms with van der Waals surface area (Å²) in [6.07, 6.45) is 0.454. The van der Waals surface area contributed by atoms with E-state index in [2.05, 4.69) is 47.0 Å². The second kappa shape index (κ2) is 7.68. The molecule has 0 unspecified atom stereocenters. The molecule has 0 aliphatic carbocycles. The van der Waals surface area contributed by atoms with Crippen molar-refractivity contribution in [3.8, 4) is 0 Å². The molecule has 2 N–H and O–H groups in total. The number of amides is 1. The van der Waals surface area contributed by atoms with Crippen LogP contribution in [0.4, 0.5) is 5.13 Å². The number of nitrogens with zero attached hydrogens (tertiary/aromatic N) is 1. The summed E-state index contributed by atoms with van der Waals surface area (Å²) in [4.78, 5) is 17.6. The van der Waals surface area contributed by atoms with E-state index >= 15 is 0 Å². The zero-order valence-corrected chi connectivity index (χ0v) is 15.3. The molecule has 6 heteroatoms. The topological polar surface area (TPSA) is 54.0 Å². The van der Waals surface area contributed by atoms with Gasteiger partial charge in [0.15, 0.2) is 0 Å². The summed E-state index contributed by atoms with van der Waals surface area (Å²) < 4.78 is 1.11. The van der Waals surface area contributed by atoms with E-state index in [1.807, 2.05) is 25.1 Å². The van der Waals surface area contributed by atoms with Crippen molar-refractivity contribution in [2.24, 2.45) is 0 Å². The van der Waals surface area contributed by atoms with E-state index in [-0.39, 0.29) is 5.91 Å². The van der Waals surface area contributed by atoms with Gasteiger partial charge in [-0.1, -0.05) is 41.2 Å². The van der Waals surface area contributed by atoms with Crippen LogP contribution in [-0.2, 0) is 4.79 Å². The summed E-state index contributed by atoms with van der Waals surface area (Å²) in [5.74, 6) is 0.709. The Labute approximate surface area is 149 Å². The first-order valence-corrected chi connectivity index (χ1v) is 9.52. The van der Waals surface area contributed by atoms with Crippen molar-refractivity contribution in [2.75, 3.05) is 11.2 Å². The van der Waals surface area contributed by atoms with E-state index in [1.54, 1.807) is 11.8 Å². The Morgan fingerprint density at radius 2 is 1.96 bits per heavy atom. The van der Waals surface area contributed by atoms with Crippen molar-refractivity contribution in [2.45, 2.75) is 25.2 Å². The van der Waals surface area contributed by atoms with Crippen LogP contribution in [0.5, 0.6) is 0 Å². The molecule has 24 heavy (non-hydrogen) atoms. The van der Waals surface area contributed by atoms with Gasteiger partial charge in [0.25, 0.3) is 0 Å². The number of hydrogen-bond donors (Lipinski definition) is 2. The quantitative estimate of drug-likeness (QED) is 0.502. The number of aromatic nitrogens is 1. The maximum atomic E-state index is 11.9. The number of hydrogen-bond acceptors (Lipinski definition) is 5. The Balaban J connectivity index is 1.46. The molecule has 0 bridgehead atoms. The number of fused-ring (bicyclic) bond motifs is 1. The minimum atomic E-state index is -0.0365. The molecule has 124 valence electrons. The summed E-state index contributed by atoms with van der Waals surface area (Å²) in [5.41, 5.74) is 9.00. The molecule has 0 aliphatic rings. The fraction of sp³-hybridized carbons (Fsp3) is 0.222. The number of para-hydroxylation sites is 1. The third-order valence-electron chi connectivity index (χ3n) is 3.55. The Morgan fingerprint density at radius 1 is 1.17 bits per heavy atom. The molecular weight excluding hydrogens is 338 g/mol. The zero-order valence-electron chi connectivity index (χ0n) is 13.6. The number of rotatable bonds is 6. The van der Waals surface area contributed by atoms with Crippen molar-refractivity contribution in [1.29, 1.82) is 0 Å². The van der Waals surface area contributed by atoms with Crippen LogP contribution in [0.15, 0.2) is 47.4 Å². The van der Waals surface area contributed by atoms with Gasteiger partial charge in [-0.2, -0.15) is 0 Å². The highest BCUT2D eigenvalue weighted by molar-refractivity contribution is 7.99. The van der Waals surface area contributed by atoms with Crippen molar-refractivity contribution >= 4 is 44.4 Å². The zero-order chi connectivity index (χ0) is 16.9. The SMILES string of the molecule is Cc1ccc(SCCC(=O)NNc2nc3c(C)cccc3s2)cc1. The second-order valence-electron chi connectivity index (χ2n) is 5.53. The molecule has 2 aromatic carbocycles. The lowest BCUT2D eigenvalue weighted by Gasteiger charge is -2.05. The van der Waals surface area contributed by atoms with Crippen LogP contribution in [0.25, 0.3) is 10.2 Å². The molecule has 1 aromatic heterocycles. The summed E-state index contributed by atoms with van der Waals surface area (Å²) in [6.45, 7) is 4.10. The van der Waals surface area contributed by atoms with Crippen molar-refractivity contribution in [1.82, 2.24) is 10.4 Å². The van der Waals surface area contributed by atoms with Gasteiger partial charge in [0.2, 0.25) is 11.0 Å². The fourth-order valence-electron chi connectivity index (χ4n) is 2.22.